The van der Waals surface area contributed by atoms with Crippen LogP contribution in [0.25, 0.3) is 11.3 Å². The fourth-order valence-electron chi connectivity index (χ4n) is 1.78. The molecule has 0 fully saturated rings. The van der Waals surface area contributed by atoms with Gasteiger partial charge in [0, 0.05) is 12.7 Å². The largest absolute Gasteiger partial charge is 0.496 e. The van der Waals surface area contributed by atoms with Crippen molar-refractivity contribution < 1.29 is 19.4 Å². The number of hydrogen-bond acceptors (Lipinski definition) is 4. The van der Waals surface area contributed by atoms with Crippen LogP contribution in [-0.2, 0) is 11.3 Å². The van der Waals surface area contributed by atoms with Crippen molar-refractivity contribution in [3.8, 4) is 17.0 Å². The maximum atomic E-state index is 10.8. The van der Waals surface area contributed by atoms with E-state index in [1.807, 2.05) is 12.1 Å². The number of H-pyrrole nitrogens is 1. The van der Waals surface area contributed by atoms with Gasteiger partial charge in [0.05, 0.1) is 19.4 Å². The zero-order valence-corrected chi connectivity index (χ0v) is 10.6. The fourth-order valence-corrected chi connectivity index (χ4v) is 1.78. The number of carbonyl (C=O) groups is 1. The Kier molecular flexibility index (Phi) is 3.82. The number of methoxy groups -OCH3 is 2. The first-order valence-corrected chi connectivity index (χ1v) is 5.60. The number of hydrogen-bond donors (Lipinski definition) is 2. The van der Waals surface area contributed by atoms with E-state index in [1.165, 1.54) is 6.07 Å². The van der Waals surface area contributed by atoms with E-state index in [0.717, 1.165) is 11.1 Å². The number of ether oxygens (including phenoxy) is 2. The Morgan fingerprint density at radius 1 is 1.37 bits per heavy atom. The van der Waals surface area contributed by atoms with Gasteiger partial charge in [0.25, 0.3) is 0 Å². The van der Waals surface area contributed by atoms with Crippen molar-refractivity contribution in [2.24, 2.45) is 0 Å². The minimum absolute atomic E-state index is 0.0363. The summed E-state index contributed by atoms with van der Waals surface area (Å²) >= 11 is 0. The summed E-state index contributed by atoms with van der Waals surface area (Å²) in [7, 11) is 3.17. The van der Waals surface area contributed by atoms with Gasteiger partial charge in [0.2, 0.25) is 0 Å². The molecule has 0 spiro atoms. The molecule has 2 N–H and O–H groups in total. The molecule has 19 heavy (non-hydrogen) atoms. The Morgan fingerprint density at radius 3 is 2.74 bits per heavy atom. The molecule has 0 saturated carbocycles. The predicted molar refractivity (Wildman–Crippen MR) is 68.2 cm³/mol. The number of aromatic nitrogens is 2. The summed E-state index contributed by atoms with van der Waals surface area (Å²) in [5.41, 5.74) is 2.24. The Morgan fingerprint density at radius 2 is 2.16 bits per heavy atom. The number of aromatic carboxylic acids is 1. The van der Waals surface area contributed by atoms with Crippen LogP contribution in [0.5, 0.6) is 5.75 Å². The van der Waals surface area contributed by atoms with E-state index in [2.05, 4.69) is 10.2 Å². The summed E-state index contributed by atoms with van der Waals surface area (Å²) in [6.45, 7) is 0.465. The van der Waals surface area contributed by atoms with E-state index in [-0.39, 0.29) is 5.69 Å². The normalized spacial score (nSPS) is 10.4. The highest BCUT2D eigenvalue weighted by Gasteiger charge is 2.13. The first kappa shape index (κ1) is 13.1. The molecule has 0 aliphatic heterocycles. The van der Waals surface area contributed by atoms with Gasteiger partial charge in [-0.15, -0.1) is 0 Å². The first-order valence-electron chi connectivity index (χ1n) is 5.60. The van der Waals surface area contributed by atoms with Crippen molar-refractivity contribution in [3.63, 3.8) is 0 Å². The average Bonchev–Trinajstić information content (AvgIpc) is 2.88. The smallest absolute Gasteiger partial charge is 0.353 e. The van der Waals surface area contributed by atoms with Gasteiger partial charge < -0.3 is 14.6 Å². The van der Waals surface area contributed by atoms with E-state index in [9.17, 15) is 4.79 Å². The second-order valence-corrected chi connectivity index (χ2v) is 3.94. The van der Waals surface area contributed by atoms with Crippen LogP contribution in [0, 0.1) is 0 Å². The van der Waals surface area contributed by atoms with Gasteiger partial charge in [-0.2, -0.15) is 5.10 Å². The van der Waals surface area contributed by atoms with Crippen LogP contribution in [0.4, 0.5) is 0 Å². The maximum absolute atomic E-state index is 10.8. The van der Waals surface area contributed by atoms with Gasteiger partial charge in [0.15, 0.2) is 0 Å². The SMILES string of the molecule is COCc1ccc(OC)c(-c2cc(C(=O)O)[nH]n2)c1. The monoisotopic (exact) mass is 262 g/mol. The third-order valence-electron chi connectivity index (χ3n) is 2.66. The van der Waals surface area contributed by atoms with E-state index in [4.69, 9.17) is 14.6 Å². The molecule has 2 aromatic rings. The molecule has 100 valence electrons. The summed E-state index contributed by atoms with van der Waals surface area (Å²) in [5.74, 6) is -0.422. The van der Waals surface area contributed by atoms with Crippen LogP contribution in [0.2, 0.25) is 0 Å². The Labute approximate surface area is 110 Å². The molecule has 1 aromatic carbocycles. The minimum atomic E-state index is -1.05. The van der Waals surface area contributed by atoms with Crippen LogP contribution in [0.15, 0.2) is 24.3 Å². The maximum Gasteiger partial charge on any atom is 0.353 e. The molecule has 0 aliphatic carbocycles. The number of rotatable bonds is 5. The molecule has 1 heterocycles. The molecule has 0 bridgehead atoms. The molecule has 6 nitrogen and oxygen atoms in total. The van der Waals surface area contributed by atoms with Gasteiger partial charge >= 0.3 is 5.97 Å². The molecule has 0 unspecified atom stereocenters. The lowest BCUT2D eigenvalue weighted by atomic mass is 10.1. The number of nitrogens with one attached hydrogen (secondary N) is 1. The van der Waals surface area contributed by atoms with Crippen molar-refractivity contribution in [2.45, 2.75) is 6.61 Å². The Hall–Kier alpha value is -2.34. The molecule has 0 atom stereocenters. The quantitative estimate of drug-likeness (QED) is 0.860. The van der Waals surface area contributed by atoms with Crippen molar-refractivity contribution in [3.05, 3.63) is 35.5 Å². The molecular formula is C13H14N2O4. The Bertz CT molecular complexity index is 592. The summed E-state index contributed by atoms with van der Waals surface area (Å²) in [6, 6.07) is 7.02. The van der Waals surface area contributed by atoms with E-state index < -0.39 is 5.97 Å². The summed E-state index contributed by atoms with van der Waals surface area (Å²) in [6.07, 6.45) is 0. The lowest BCUT2D eigenvalue weighted by Crippen LogP contribution is -1.95. The van der Waals surface area contributed by atoms with E-state index in [0.29, 0.717) is 18.1 Å². The highest BCUT2D eigenvalue weighted by molar-refractivity contribution is 5.87. The van der Waals surface area contributed by atoms with Crippen LogP contribution in [0.3, 0.4) is 0 Å². The summed E-state index contributed by atoms with van der Waals surface area (Å²) < 4.78 is 10.3. The molecule has 1 aromatic heterocycles. The Balaban J connectivity index is 2.45. The van der Waals surface area contributed by atoms with E-state index >= 15 is 0 Å². The van der Waals surface area contributed by atoms with Gasteiger partial charge in [-0.25, -0.2) is 4.79 Å². The van der Waals surface area contributed by atoms with Gasteiger partial charge in [-0.3, -0.25) is 5.10 Å². The number of carboxylic acids is 1. The number of carboxylic acid groups (broad SMARTS) is 1. The highest BCUT2D eigenvalue weighted by Crippen LogP contribution is 2.30. The van der Waals surface area contributed by atoms with Crippen molar-refractivity contribution in [1.82, 2.24) is 10.2 Å². The number of nitrogens with zero attached hydrogens (tertiary/aromatic N) is 1. The van der Waals surface area contributed by atoms with Crippen LogP contribution < -0.4 is 4.74 Å². The zero-order chi connectivity index (χ0) is 13.8. The lowest BCUT2D eigenvalue weighted by molar-refractivity contribution is 0.0690. The molecular weight excluding hydrogens is 248 g/mol. The minimum Gasteiger partial charge on any atom is -0.496 e. The third kappa shape index (κ3) is 2.74. The second kappa shape index (κ2) is 5.53. The number of aromatic amines is 1. The first-order chi connectivity index (χ1) is 9.15. The van der Waals surface area contributed by atoms with Crippen LogP contribution in [-0.4, -0.2) is 35.5 Å². The summed E-state index contributed by atoms with van der Waals surface area (Å²) in [5, 5.41) is 15.3. The molecule has 0 aliphatic rings. The zero-order valence-electron chi connectivity index (χ0n) is 10.6. The van der Waals surface area contributed by atoms with Gasteiger partial charge in [-0.1, -0.05) is 6.07 Å². The predicted octanol–water partition coefficient (Wildman–Crippen LogP) is 1.93. The molecule has 2 rings (SSSR count). The molecule has 0 saturated heterocycles. The molecule has 0 radical (unpaired) electrons. The molecule has 0 amide bonds. The average molecular weight is 262 g/mol. The van der Waals surface area contributed by atoms with Crippen molar-refractivity contribution in [2.75, 3.05) is 14.2 Å². The van der Waals surface area contributed by atoms with Crippen molar-refractivity contribution in [1.29, 1.82) is 0 Å². The van der Waals surface area contributed by atoms with Gasteiger partial charge in [0.1, 0.15) is 11.4 Å². The van der Waals surface area contributed by atoms with Gasteiger partial charge in [-0.05, 0) is 23.8 Å². The lowest BCUT2D eigenvalue weighted by Gasteiger charge is -2.08. The number of benzene rings is 1. The van der Waals surface area contributed by atoms with E-state index in [1.54, 1.807) is 20.3 Å². The standard InChI is InChI=1S/C13H14N2O4/c1-18-7-8-3-4-12(19-2)9(5-8)10-6-11(13(16)17)15-14-10/h3-6H,7H2,1-2H3,(H,14,15)(H,16,17). The molecule has 6 heteroatoms. The summed E-state index contributed by atoms with van der Waals surface area (Å²) in [4.78, 5) is 10.8. The van der Waals surface area contributed by atoms with Crippen molar-refractivity contribution >= 4 is 5.97 Å². The highest BCUT2D eigenvalue weighted by atomic mass is 16.5. The third-order valence-corrected chi connectivity index (χ3v) is 2.66. The van der Waals surface area contributed by atoms with Crippen LogP contribution in [0.1, 0.15) is 16.1 Å². The fraction of sp³-hybridized carbons (Fsp3) is 0.231. The topological polar surface area (TPSA) is 84.4 Å². The second-order valence-electron chi connectivity index (χ2n) is 3.94. The van der Waals surface area contributed by atoms with Crippen LogP contribution >= 0.6 is 0 Å².